The largest absolute Gasteiger partial charge is 0.310 e. The van der Waals surface area contributed by atoms with Gasteiger partial charge in [-0.05, 0) is 21.8 Å². The average molecular weight is 257 g/mol. The van der Waals surface area contributed by atoms with Crippen molar-refractivity contribution in [3.63, 3.8) is 0 Å². The van der Waals surface area contributed by atoms with Crippen molar-refractivity contribution in [1.29, 1.82) is 0 Å². The summed E-state index contributed by atoms with van der Waals surface area (Å²) in [7, 11) is 0. The molecule has 0 aromatic carbocycles. The molecule has 3 nitrogen and oxygen atoms in total. The molecule has 1 aliphatic rings. The zero-order valence-electron chi connectivity index (χ0n) is 7.92. The van der Waals surface area contributed by atoms with E-state index in [0.717, 1.165) is 18.2 Å². The zero-order valence-corrected chi connectivity index (χ0v) is 9.51. The van der Waals surface area contributed by atoms with Gasteiger partial charge in [0.15, 0.2) is 0 Å². The molecule has 1 aliphatic carbocycles. The Morgan fingerprint density at radius 2 is 2.21 bits per heavy atom. The molecule has 1 aromatic rings. The Kier molecular flexibility index (Phi) is 3.01. The lowest BCUT2D eigenvalue weighted by molar-refractivity contribution is 0.529. The lowest BCUT2D eigenvalue weighted by atomic mass is 10.0. The predicted molar refractivity (Wildman–Crippen MR) is 58.2 cm³/mol. The summed E-state index contributed by atoms with van der Waals surface area (Å²) in [6.07, 6.45) is 7.71. The topological polar surface area (TPSA) is 45.8 Å². The predicted octanol–water partition coefficient (Wildman–Crippen LogP) is 2.27. The summed E-state index contributed by atoms with van der Waals surface area (Å²) in [5, 5.41) is 0. The second kappa shape index (κ2) is 4.26. The Hall–Kier alpha value is -0.640. The van der Waals surface area contributed by atoms with Gasteiger partial charge in [-0.2, -0.15) is 0 Å². The van der Waals surface area contributed by atoms with E-state index in [2.05, 4.69) is 25.9 Å². The van der Waals surface area contributed by atoms with Gasteiger partial charge in [-0.3, -0.25) is 4.79 Å². The van der Waals surface area contributed by atoms with Crippen molar-refractivity contribution in [1.82, 2.24) is 9.97 Å². The fourth-order valence-electron chi connectivity index (χ4n) is 2.01. The number of aromatic nitrogens is 2. The standard InChI is InChI=1S/C10H13BrN2O/c11-8-6-12-9(13-10(8)14)5-7-3-1-2-4-7/h6-7H,1-5H2,(H,12,13,14). The first kappa shape index (κ1) is 9.90. The van der Waals surface area contributed by atoms with Gasteiger partial charge in [0.05, 0.1) is 0 Å². The number of nitrogens with one attached hydrogen (secondary N) is 1. The molecule has 0 atom stereocenters. The summed E-state index contributed by atoms with van der Waals surface area (Å²) in [5.41, 5.74) is -0.0759. The molecule has 1 heterocycles. The highest BCUT2D eigenvalue weighted by Gasteiger charge is 2.16. The first-order valence-electron chi connectivity index (χ1n) is 4.99. The van der Waals surface area contributed by atoms with Crippen molar-refractivity contribution in [3.8, 4) is 0 Å². The number of halogens is 1. The van der Waals surface area contributed by atoms with Crippen molar-refractivity contribution < 1.29 is 0 Å². The van der Waals surface area contributed by atoms with Gasteiger partial charge in [-0.1, -0.05) is 25.7 Å². The number of aromatic amines is 1. The van der Waals surface area contributed by atoms with E-state index in [9.17, 15) is 4.79 Å². The molecule has 1 saturated carbocycles. The summed E-state index contributed by atoms with van der Waals surface area (Å²) in [6.45, 7) is 0. The van der Waals surface area contributed by atoms with E-state index < -0.39 is 0 Å². The molecule has 1 aromatic heterocycles. The SMILES string of the molecule is O=c1[nH]c(CC2CCCC2)ncc1Br. The second-order valence-electron chi connectivity index (χ2n) is 3.86. The van der Waals surface area contributed by atoms with Crippen LogP contribution in [-0.2, 0) is 6.42 Å². The number of nitrogens with zero attached hydrogens (tertiary/aromatic N) is 1. The van der Waals surface area contributed by atoms with E-state index in [4.69, 9.17) is 0 Å². The molecule has 1 N–H and O–H groups in total. The van der Waals surface area contributed by atoms with Gasteiger partial charge in [0.1, 0.15) is 10.3 Å². The first-order valence-corrected chi connectivity index (χ1v) is 5.78. The summed E-state index contributed by atoms with van der Waals surface area (Å²) in [4.78, 5) is 18.3. The monoisotopic (exact) mass is 256 g/mol. The van der Waals surface area contributed by atoms with E-state index in [1.165, 1.54) is 25.7 Å². The lowest BCUT2D eigenvalue weighted by Crippen LogP contribution is -2.13. The maximum atomic E-state index is 11.3. The molecule has 0 aliphatic heterocycles. The van der Waals surface area contributed by atoms with Crippen molar-refractivity contribution in [3.05, 3.63) is 26.8 Å². The molecular formula is C10H13BrN2O. The van der Waals surface area contributed by atoms with Crippen LogP contribution in [-0.4, -0.2) is 9.97 Å². The van der Waals surface area contributed by atoms with Crippen LogP contribution in [0.1, 0.15) is 31.5 Å². The third kappa shape index (κ3) is 2.23. The highest BCUT2D eigenvalue weighted by Crippen LogP contribution is 2.26. The van der Waals surface area contributed by atoms with Crippen LogP contribution in [0.3, 0.4) is 0 Å². The smallest absolute Gasteiger partial charge is 0.265 e. The molecule has 0 unspecified atom stereocenters. The maximum absolute atomic E-state index is 11.3. The minimum absolute atomic E-state index is 0.0759. The zero-order chi connectivity index (χ0) is 9.97. The van der Waals surface area contributed by atoms with Crippen molar-refractivity contribution >= 4 is 15.9 Å². The Balaban J connectivity index is 2.09. The fourth-order valence-corrected chi connectivity index (χ4v) is 2.21. The molecule has 1 fully saturated rings. The van der Waals surface area contributed by atoms with Crippen molar-refractivity contribution in [2.75, 3.05) is 0 Å². The molecule has 0 saturated heterocycles. The van der Waals surface area contributed by atoms with Gasteiger partial charge >= 0.3 is 0 Å². The lowest BCUT2D eigenvalue weighted by Gasteiger charge is -2.06. The van der Waals surface area contributed by atoms with Gasteiger partial charge in [0, 0.05) is 12.6 Å². The van der Waals surface area contributed by atoms with Gasteiger partial charge in [-0.15, -0.1) is 0 Å². The minimum Gasteiger partial charge on any atom is -0.310 e. The number of H-pyrrole nitrogens is 1. The van der Waals surface area contributed by atoms with Gasteiger partial charge in [0.25, 0.3) is 5.56 Å². The molecule has 0 amide bonds. The van der Waals surface area contributed by atoms with Crippen LogP contribution in [0.2, 0.25) is 0 Å². The molecule has 4 heteroatoms. The van der Waals surface area contributed by atoms with E-state index in [-0.39, 0.29) is 5.56 Å². The maximum Gasteiger partial charge on any atom is 0.265 e. The summed E-state index contributed by atoms with van der Waals surface area (Å²) in [6, 6.07) is 0. The molecule has 2 rings (SSSR count). The highest BCUT2D eigenvalue weighted by molar-refractivity contribution is 9.10. The van der Waals surface area contributed by atoms with Gasteiger partial charge in [0.2, 0.25) is 0 Å². The molecule has 0 bridgehead atoms. The van der Waals surface area contributed by atoms with Gasteiger partial charge in [-0.25, -0.2) is 4.98 Å². The quantitative estimate of drug-likeness (QED) is 0.883. The van der Waals surface area contributed by atoms with Gasteiger partial charge < -0.3 is 4.98 Å². The number of hydrogen-bond acceptors (Lipinski definition) is 2. The molecule has 14 heavy (non-hydrogen) atoms. The van der Waals surface area contributed by atoms with E-state index in [1.807, 2.05) is 0 Å². The Bertz CT molecular complexity index is 369. The Labute approximate surface area is 91.1 Å². The van der Waals surface area contributed by atoms with Crippen molar-refractivity contribution in [2.45, 2.75) is 32.1 Å². The molecular weight excluding hydrogens is 244 g/mol. The van der Waals surface area contributed by atoms with Crippen LogP contribution in [0.25, 0.3) is 0 Å². The second-order valence-corrected chi connectivity index (χ2v) is 4.72. The van der Waals surface area contributed by atoms with Crippen LogP contribution >= 0.6 is 15.9 Å². The Morgan fingerprint density at radius 1 is 1.50 bits per heavy atom. The normalized spacial score (nSPS) is 17.5. The molecule has 0 radical (unpaired) electrons. The summed E-state index contributed by atoms with van der Waals surface area (Å²) in [5.74, 6) is 1.55. The number of rotatable bonds is 2. The van der Waals surface area contributed by atoms with E-state index >= 15 is 0 Å². The van der Waals surface area contributed by atoms with Crippen molar-refractivity contribution in [2.24, 2.45) is 5.92 Å². The summed E-state index contributed by atoms with van der Waals surface area (Å²) >= 11 is 3.14. The highest BCUT2D eigenvalue weighted by atomic mass is 79.9. The fraction of sp³-hybridized carbons (Fsp3) is 0.600. The molecule has 0 spiro atoms. The third-order valence-electron chi connectivity index (χ3n) is 2.77. The van der Waals surface area contributed by atoms with Crippen LogP contribution in [0, 0.1) is 5.92 Å². The van der Waals surface area contributed by atoms with Crippen LogP contribution < -0.4 is 5.56 Å². The average Bonchev–Trinajstić information content (AvgIpc) is 2.64. The number of hydrogen-bond donors (Lipinski definition) is 1. The van der Waals surface area contributed by atoms with Crippen LogP contribution in [0.15, 0.2) is 15.5 Å². The van der Waals surface area contributed by atoms with Crippen LogP contribution in [0.5, 0.6) is 0 Å². The Morgan fingerprint density at radius 3 is 2.86 bits per heavy atom. The molecule has 76 valence electrons. The summed E-state index contributed by atoms with van der Waals surface area (Å²) < 4.78 is 0.507. The third-order valence-corrected chi connectivity index (χ3v) is 3.33. The van der Waals surface area contributed by atoms with E-state index in [0.29, 0.717) is 4.47 Å². The minimum atomic E-state index is -0.0759. The van der Waals surface area contributed by atoms with Crippen LogP contribution in [0.4, 0.5) is 0 Å². The first-order chi connectivity index (χ1) is 6.75. The van der Waals surface area contributed by atoms with E-state index in [1.54, 1.807) is 6.20 Å².